The van der Waals surface area contributed by atoms with Gasteiger partial charge in [-0.1, -0.05) is 6.92 Å². The van der Waals surface area contributed by atoms with E-state index < -0.39 is 0 Å². The van der Waals surface area contributed by atoms with E-state index in [4.69, 9.17) is 11.1 Å². The predicted molar refractivity (Wildman–Crippen MR) is 61.9 cm³/mol. The van der Waals surface area contributed by atoms with Gasteiger partial charge in [0, 0.05) is 23.8 Å². The van der Waals surface area contributed by atoms with Crippen LogP contribution in [0.4, 0.5) is 0 Å². The van der Waals surface area contributed by atoms with Gasteiger partial charge in [0.05, 0.1) is 5.84 Å². The number of hydrogen-bond donors (Lipinski definition) is 2. The summed E-state index contributed by atoms with van der Waals surface area (Å²) in [5, 5.41) is 7.59. The lowest BCUT2D eigenvalue weighted by Crippen LogP contribution is -2.39. The van der Waals surface area contributed by atoms with Gasteiger partial charge in [-0.2, -0.15) is 11.8 Å². The fraction of sp³-hybridized carbons (Fsp3) is 0.900. The van der Waals surface area contributed by atoms with Crippen molar-refractivity contribution < 1.29 is 0 Å². The van der Waals surface area contributed by atoms with Crippen LogP contribution < -0.4 is 5.73 Å². The molecule has 80 valence electrons. The van der Waals surface area contributed by atoms with E-state index in [1.807, 2.05) is 0 Å². The molecule has 3 nitrogen and oxygen atoms in total. The molecule has 2 unspecified atom stereocenters. The van der Waals surface area contributed by atoms with Crippen LogP contribution in [0.1, 0.15) is 19.8 Å². The number of amidine groups is 1. The molecule has 0 aromatic rings. The molecule has 2 atom stereocenters. The Morgan fingerprint density at radius 1 is 1.64 bits per heavy atom. The number of nitrogens with two attached hydrogens (primary N) is 1. The lowest BCUT2D eigenvalue weighted by atomic mass is 9.89. The molecule has 0 radical (unpaired) electrons. The lowest BCUT2D eigenvalue weighted by Gasteiger charge is -2.26. The van der Waals surface area contributed by atoms with E-state index in [9.17, 15) is 0 Å². The van der Waals surface area contributed by atoms with Crippen molar-refractivity contribution >= 4 is 17.6 Å². The molecule has 0 bridgehead atoms. The van der Waals surface area contributed by atoms with E-state index in [2.05, 4.69) is 23.6 Å². The van der Waals surface area contributed by atoms with Gasteiger partial charge in [0.15, 0.2) is 0 Å². The minimum absolute atomic E-state index is 0.0484. The maximum Gasteiger partial charge on any atom is 0.0979 e. The first-order chi connectivity index (χ1) is 6.62. The van der Waals surface area contributed by atoms with Crippen molar-refractivity contribution in [2.45, 2.75) is 25.8 Å². The highest BCUT2D eigenvalue weighted by atomic mass is 32.2. The molecule has 0 saturated carbocycles. The largest absolute Gasteiger partial charge is 0.387 e. The Labute approximate surface area is 89.9 Å². The molecular weight excluding hydrogens is 194 g/mol. The second-order valence-corrected chi connectivity index (χ2v) is 5.86. The zero-order valence-electron chi connectivity index (χ0n) is 8.75. The van der Waals surface area contributed by atoms with Crippen LogP contribution in [-0.2, 0) is 0 Å². The number of likely N-dealkylation sites (tertiary alicyclic amines) is 1. The first kappa shape index (κ1) is 10.3. The molecule has 14 heavy (non-hydrogen) atoms. The minimum atomic E-state index is -0.0484. The molecule has 2 aliphatic heterocycles. The van der Waals surface area contributed by atoms with Gasteiger partial charge in [-0.15, -0.1) is 0 Å². The predicted octanol–water partition coefficient (Wildman–Crippen LogP) is 1.14. The molecule has 2 heterocycles. The first-order valence-corrected chi connectivity index (χ1v) is 6.43. The molecule has 2 rings (SSSR count). The van der Waals surface area contributed by atoms with Gasteiger partial charge >= 0.3 is 0 Å². The summed E-state index contributed by atoms with van der Waals surface area (Å²) in [6, 6.07) is 0.751. The van der Waals surface area contributed by atoms with Gasteiger partial charge in [0.25, 0.3) is 0 Å². The average molecular weight is 213 g/mol. The Morgan fingerprint density at radius 3 is 2.93 bits per heavy atom. The topological polar surface area (TPSA) is 53.1 Å². The maximum absolute atomic E-state index is 7.59. The summed E-state index contributed by atoms with van der Waals surface area (Å²) >= 11 is 2.05. The summed E-state index contributed by atoms with van der Waals surface area (Å²) in [7, 11) is 0. The quantitative estimate of drug-likeness (QED) is 0.534. The van der Waals surface area contributed by atoms with Gasteiger partial charge in [-0.05, 0) is 25.1 Å². The Balaban J connectivity index is 1.96. The summed E-state index contributed by atoms with van der Waals surface area (Å²) in [6.45, 7) is 4.24. The summed E-state index contributed by atoms with van der Waals surface area (Å²) in [5.41, 5.74) is 5.60. The van der Waals surface area contributed by atoms with Crippen LogP contribution in [0.3, 0.4) is 0 Å². The summed E-state index contributed by atoms with van der Waals surface area (Å²) in [4.78, 5) is 2.53. The van der Waals surface area contributed by atoms with Crippen LogP contribution in [0.2, 0.25) is 0 Å². The van der Waals surface area contributed by atoms with Crippen molar-refractivity contribution in [2.75, 3.05) is 24.6 Å². The maximum atomic E-state index is 7.59. The Morgan fingerprint density at radius 2 is 2.43 bits per heavy atom. The van der Waals surface area contributed by atoms with Gasteiger partial charge in [0.1, 0.15) is 0 Å². The average Bonchev–Trinajstić information content (AvgIpc) is 2.72. The third kappa shape index (κ3) is 1.77. The summed E-state index contributed by atoms with van der Waals surface area (Å²) in [6.07, 6.45) is 2.38. The van der Waals surface area contributed by atoms with Crippen LogP contribution in [-0.4, -0.2) is 41.4 Å². The van der Waals surface area contributed by atoms with E-state index in [1.165, 1.54) is 17.9 Å². The van der Waals surface area contributed by atoms with Crippen LogP contribution in [0.25, 0.3) is 0 Å². The van der Waals surface area contributed by atoms with Crippen molar-refractivity contribution in [3.63, 3.8) is 0 Å². The summed E-state index contributed by atoms with van der Waals surface area (Å²) in [5.74, 6) is 2.94. The number of rotatable bonds is 2. The Kier molecular flexibility index (Phi) is 2.75. The Bertz CT molecular complexity index is 238. The first-order valence-electron chi connectivity index (χ1n) is 5.28. The molecule has 0 amide bonds. The van der Waals surface area contributed by atoms with E-state index in [0.717, 1.165) is 25.6 Å². The Hall–Kier alpha value is -0.220. The molecule has 2 aliphatic rings. The minimum Gasteiger partial charge on any atom is -0.387 e. The standard InChI is InChI=1S/C10H19N3S/c1-10(9(11)12)3-4-13(7-10)8-2-5-14-6-8/h8H,2-7H2,1H3,(H3,11,12). The van der Waals surface area contributed by atoms with Gasteiger partial charge in [0.2, 0.25) is 0 Å². The third-order valence-electron chi connectivity index (χ3n) is 3.58. The number of nitrogens with zero attached hydrogens (tertiary/aromatic N) is 1. The van der Waals surface area contributed by atoms with E-state index in [-0.39, 0.29) is 5.41 Å². The number of thioether (sulfide) groups is 1. The molecule has 2 fully saturated rings. The van der Waals surface area contributed by atoms with Crippen molar-refractivity contribution in [3.8, 4) is 0 Å². The normalized spacial score (nSPS) is 39.1. The van der Waals surface area contributed by atoms with E-state index in [0.29, 0.717) is 5.84 Å². The highest BCUT2D eigenvalue weighted by Crippen LogP contribution is 2.34. The zero-order chi connectivity index (χ0) is 10.2. The summed E-state index contributed by atoms with van der Waals surface area (Å²) < 4.78 is 0. The number of nitrogens with one attached hydrogen (secondary N) is 1. The van der Waals surface area contributed by atoms with Gasteiger partial charge in [-0.3, -0.25) is 10.3 Å². The number of hydrogen-bond acceptors (Lipinski definition) is 3. The fourth-order valence-corrected chi connectivity index (χ4v) is 3.59. The molecule has 0 aromatic heterocycles. The zero-order valence-corrected chi connectivity index (χ0v) is 9.57. The monoisotopic (exact) mass is 213 g/mol. The highest BCUT2D eigenvalue weighted by molar-refractivity contribution is 7.99. The van der Waals surface area contributed by atoms with Crippen molar-refractivity contribution in [3.05, 3.63) is 0 Å². The van der Waals surface area contributed by atoms with Crippen LogP contribution >= 0.6 is 11.8 Å². The second-order valence-electron chi connectivity index (χ2n) is 4.71. The van der Waals surface area contributed by atoms with Crippen LogP contribution in [0.15, 0.2) is 0 Å². The molecular formula is C10H19N3S. The highest BCUT2D eigenvalue weighted by Gasteiger charge is 2.39. The fourth-order valence-electron chi connectivity index (χ4n) is 2.34. The van der Waals surface area contributed by atoms with Crippen molar-refractivity contribution in [2.24, 2.45) is 11.1 Å². The second kappa shape index (κ2) is 3.74. The van der Waals surface area contributed by atoms with Crippen LogP contribution in [0.5, 0.6) is 0 Å². The van der Waals surface area contributed by atoms with Crippen molar-refractivity contribution in [1.29, 1.82) is 5.41 Å². The van der Waals surface area contributed by atoms with Crippen LogP contribution in [0, 0.1) is 10.8 Å². The van der Waals surface area contributed by atoms with E-state index >= 15 is 0 Å². The smallest absolute Gasteiger partial charge is 0.0979 e. The molecule has 4 heteroatoms. The lowest BCUT2D eigenvalue weighted by molar-refractivity contribution is 0.247. The molecule has 0 aliphatic carbocycles. The SMILES string of the molecule is CC1(C(=N)N)CCN(C2CCSC2)C1. The molecule has 0 spiro atoms. The molecule has 3 N–H and O–H groups in total. The van der Waals surface area contributed by atoms with Gasteiger partial charge < -0.3 is 5.73 Å². The molecule has 0 aromatic carbocycles. The van der Waals surface area contributed by atoms with E-state index in [1.54, 1.807) is 0 Å². The van der Waals surface area contributed by atoms with Crippen molar-refractivity contribution in [1.82, 2.24) is 4.90 Å². The van der Waals surface area contributed by atoms with Gasteiger partial charge in [-0.25, -0.2) is 0 Å². The molecule has 2 saturated heterocycles. The third-order valence-corrected chi connectivity index (χ3v) is 4.72.